The Morgan fingerprint density at radius 1 is 1.06 bits per heavy atom. The van der Waals surface area contributed by atoms with Crippen molar-refractivity contribution in [1.82, 2.24) is 5.32 Å². The van der Waals surface area contributed by atoms with Gasteiger partial charge in [0, 0.05) is 0 Å². The lowest BCUT2D eigenvalue weighted by molar-refractivity contribution is -0.130. The number of hydrogen-bond donors (Lipinski definition) is 1. The van der Waals surface area contributed by atoms with Crippen LogP contribution in [0.5, 0.6) is 5.75 Å². The maximum absolute atomic E-state index is 13.0. The van der Waals surface area contributed by atoms with Crippen LogP contribution in [0.4, 0.5) is 5.69 Å². The second kappa shape index (κ2) is 10.2. The molecule has 1 unspecified atom stereocenters. The minimum absolute atomic E-state index is 0.0377. The molecule has 0 spiro atoms. The Morgan fingerprint density at radius 2 is 1.72 bits per heavy atom. The van der Waals surface area contributed by atoms with E-state index in [1.54, 1.807) is 24.3 Å². The van der Waals surface area contributed by atoms with Crippen molar-refractivity contribution in [3.8, 4) is 11.8 Å². The third kappa shape index (κ3) is 4.80. The lowest BCUT2D eigenvalue weighted by Crippen LogP contribution is -2.52. The van der Waals surface area contributed by atoms with Gasteiger partial charge >= 0.3 is 5.97 Å². The summed E-state index contributed by atoms with van der Waals surface area (Å²) in [5, 5.41) is 12.3. The summed E-state index contributed by atoms with van der Waals surface area (Å²) in [6.07, 6.45) is 2.67. The summed E-state index contributed by atoms with van der Waals surface area (Å²) in [7, 11) is 0. The van der Waals surface area contributed by atoms with E-state index in [0.29, 0.717) is 30.9 Å². The van der Waals surface area contributed by atoms with Gasteiger partial charge < -0.3 is 14.8 Å². The van der Waals surface area contributed by atoms with Crippen LogP contribution in [0.15, 0.2) is 42.5 Å². The number of benzene rings is 2. The summed E-state index contributed by atoms with van der Waals surface area (Å²) in [5.74, 6) is -1.81. The largest absolute Gasteiger partial charge is 0.494 e. The molecule has 4 rings (SSSR count). The van der Waals surface area contributed by atoms with Crippen molar-refractivity contribution in [2.75, 3.05) is 11.5 Å². The number of hydrogen-bond acceptors (Lipinski definition) is 7. The Balaban J connectivity index is 1.46. The lowest BCUT2D eigenvalue weighted by Gasteiger charge is -2.32. The van der Waals surface area contributed by atoms with Crippen LogP contribution in [0.25, 0.3) is 0 Å². The van der Waals surface area contributed by atoms with Crippen LogP contribution in [0.3, 0.4) is 0 Å². The van der Waals surface area contributed by atoms with Gasteiger partial charge in [0.15, 0.2) is 6.10 Å². The quantitative estimate of drug-likeness (QED) is 0.463. The average molecular weight is 490 g/mol. The van der Waals surface area contributed by atoms with Crippen molar-refractivity contribution in [2.24, 2.45) is 0 Å². The number of fused-ring (bicyclic) bond motifs is 1. The number of nitriles is 1. The topological polar surface area (TPSA) is 126 Å². The van der Waals surface area contributed by atoms with Crippen LogP contribution in [-0.4, -0.2) is 41.9 Å². The molecule has 9 nitrogen and oxygen atoms in total. The van der Waals surface area contributed by atoms with E-state index in [1.807, 2.05) is 6.92 Å². The molecule has 1 aliphatic heterocycles. The summed E-state index contributed by atoms with van der Waals surface area (Å²) >= 11 is 0. The van der Waals surface area contributed by atoms with Crippen molar-refractivity contribution < 1.29 is 28.7 Å². The van der Waals surface area contributed by atoms with E-state index in [0.717, 1.165) is 24.2 Å². The SMILES string of the molecule is CCOc1ccc(N2C(=O)c3ccc(C(=O)OC(C)C(=O)NC4(C#N)CCCCC4)cc3C2=O)cc1. The number of anilines is 1. The van der Waals surface area contributed by atoms with E-state index in [2.05, 4.69) is 11.4 Å². The van der Waals surface area contributed by atoms with Crippen molar-refractivity contribution in [2.45, 2.75) is 57.6 Å². The first-order valence-corrected chi connectivity index (χ1v) is 12.0. The number of amides is 3. The van der Waals surface area contributed by atoms with Crippen LogP contribution in [0, 0.1) is 11.3 Å². The van der Waals surface area contributed by atoms with E-state index in [9.17, 15) is 24.4 Å². The first-order chi connectivity index (χ1) is 17.3. The molecule has 0 radical (unpaired) electrons. The van der Waals surface area contributed by atoms with Gasteiger partial charge in [-0.1, -0.05) is 19.3 Å². The highest BCUT2D eigenvalue weighted by Gasteiger charge is 2.38. The Bertz CT molecular complexity index is 1240. The molecule has 1 atom stereocenters. The second-order valence-corrected chi connectivity index (χ2v) is 8.92. The fourth-order valence-electron chi connectivity index (χ4n) is 4.50. The van der Waals surface area contributed by atoms with Gasteiger partial charge in [0.25, 0.3) is 17.7 Å². The minimum atomic E-state index is -1.14. The van der Waals surface area contributed by atoms with Crippen molar-refractivity contribution in [3.63, 3.8) is 0 Å². The maximum atomic E-state index is 13.0. The number of imide groups is 1. The summed E-state index contributed by atoms with van der Waals surface area (Å²) in [4.78, 5) is 52.4. The van der Waals surface area contributed by atoms with Gasteiger partial charge in [0.1, 0.15) is 11.3 Å². The standard InChI is InChI=1S/C27H27N3O6/c1-3-35-20-10-8-19(9-11-20)30-24(32)21-12-7-18(15-22(21)25(30)33)26(34)36-17(2)23(31)29-27(16-28)13-5-4-6-14-27/h7-12,15,17H,3-6,13-14H2,1-2H3,(H,29,31). The Morgan fingerprint density at radius 3 is 2.36 bits per heavy atom. The van der Waals surface area contributed by atoms with Gasteiger partial charge in [0.05, 0.1) is 35.1 Å². The molecule has 1 N–H and O–H groups in total. The highest BCUT2D eigenvalue weighted by atomic mass is 16.5. The third-order valence-corrected chi connectivity index (χ3v) is 6.46. The number of esters is 1. The molecular weight excluding hydrogens is 462 g/mol. The summed E-state index contributed by atoms with van der Waals surface area (Å²) in [5.41, 5.74) is -0.278. The number of carbonyl (C=O) groups is 4. The molecule has 2 aliphatic rings. The van der Waals surface area contributed by atoms with Gasteiger partial charge in [0.2, 0.25) is 0 Å². The van der Waals surface area contributed by atoms with Gasteiger partial charge in [-0.25, -0.2) is 9.69 Å². The molecule has 2 aromatic carbocycles. The smallest absolute Gasteiger partial charge is 0.338 e. The molecule has 3 amide bonds. The van der Waals surface area contributed by atoms with Gasteiger partial charge in [-0.3, -0.25) is 14.4 Å². The molecule has 0 bridgehead atoms. The Hall–Kier alpha value is -4.19. The molecule has 9 heteroatoms. The molecule has 2 aromatic rings. The normalized spacial score (nSPS) is 17.1. The second-order valence-electron chi connectivity index (χ2n) is 8.92. The number of carbonyl (C=O) groups excluding carboxylic acids is 4. The third-order valence-electron chi connectivity index (χ3n) is 6.46. The summed E-state index contributed by atoms with van der Waals surface area (Å²) in [6, 6.07) is 12.8. The summed E-state index contributed by atoms with van der Waals surface area (Å²) < 4.78 is 10.7. The van der Waals surface area contributed by atoms with E-state index in [4.69, 9.17) is 9.47 Å². The van der Waals surface area contributed by atoms with Crippen LogP contribution >= 0.6 is 0 Å². The zero-order valence-corrected chi connectivity index (χ0v) is 20.2. The summed E-state index contributed by atoms with van der Waals surface area (Å²) in [6.45, 7) is 3.77. The van der Waals surface area contributed by atoms with Crippen LogP contribution in [0.2, 0.25) is 0 Å². The van der Waals surface area contributed by atoms with Gasteiger partial charge in [-0.15, -0.1) is 0 Å². The van der Waals surface area contributed by atoms with Gasteiger partial charge in [-0.2, -0.15) is 5.26 Å². The van der Waals surface area contributed by atoms with Crippen LogP contribution < -0.4 is 15.0 Å². The zero-order chi connectivity index (χ0) is 25.9. The number of nitrogens with one attached hydrogen (secondary N) is 1. The highest BCUT2D eigenvalue weighted by Crippen LogP contribution is 2.31. The molecule has 1 saturated carbocycles. The molecule has 1 aliphatic carbocycles. The van der Waals surface area contributed by atoms with Crippen LogP contribution in [-0.2, 0) is 9.53 Å². The lowest BCUT2D eigenvalue weighted by atomic mass is 9.83. The molecule has 1 heterocycles. The van der Waals surface area contributed by atoms with Crippen molar-refractivity contribution >= 4 is 29.4 Å². The van der Waals surface area contributed by atoms with Crippen molar-refractivity contribution in [1.29, 1.82) is 5.26 Å². The minimum Gasteiger partial charge on any atom is -0.494 e. The average Bonchev–Trinajstić information content (AvgIpc) is 3.14. The fraction of sp³-hybridized carbons (Fsp3) is 0.370. The molecule has 0 aromatic heterocycles. The molecule has 1 fully saturated rings. The van der Waals surface area contributed by atoms with E-state index in [-0.39, 0.29) is 16.7 Å². The van der Waals surface area contributed by atoms with Crippen molar-refractivity contribution in [3.05, 3.63) is 59.2 Å². The fourth-order valence-corrected chi connectivity index (χ4v) is 4.50. The van der Waals surface area contributed by atoms with E-state index in [1.165, 1.54) is 25.1 Å². The predicted octanol–water partition coefficient (Wildman–Crippen LogP) is 3.77. The zero-order valence-electron chi connectivity index (χ0n) is 20.2. The van der Waals surface area contributed by atoms with Gasteiger partial charge in [-0.05, 0) is 69.2 Å². The first-order valence-electron chi connectivity index (χ1n) is 12.0. The number of rotatable bonds is 7. The Labute approximate surface area is 209 Å². The molecule has 36 heavy (non-hydrogen) atoms. The highest BCUT2D eigenvalue weighted by molar-refractivity contribution is 6.34. The monoisotopic (exact) mass is 489 g/mol. The first kappa shape index (κ1) is 24.9. The van der Waals surface area contributed by atoms with E-state index >= 15 is 0 Å². The predicted molar refractivity (Wildman–Crippen MR) is 130 cm³/mol. The van der Waals surface area contributed by atoms with Crippen LogP contribution in [0.1, 0.15) is 77.0 Å². The van der Waals surface area contributed by atoms with E-state index < -0.39 is 35.3 Å². The number of nitrogens with zero attached hydrogens (tertiary/aromatic N) is 2. The maximum Gasteiger partial charge on any atom is 0.338 e. The molecule has 186 valence electrons. The molecule has 0 saturated heterocycles. The molecular formula is C27H27N3O6. The number of ether oxygens (including phenoxy) is 2. The Kier molecular flexibility index (Phi) is 7.06.